The van der Waals surface area contributed by atoms with Crippen LogP contribution in [0.1, 0.15) is 43.5 Å². The Labute approximate surface area is 182 Å². The highest BCUT2D eigenvalue weighted by Gasteiger charge is 2.45. The van der Waals surface area contributed by atoms with Crippen molar-refractivity contribution in [3.8, 4) is 0 Å². The van der Waals surface area contributed by atoms with Crippen LogP contribution in [0, 0.1) is 0 Å². The van der Waals surface area contributed by atoms with E-state index in [1.807, 2.05) is 30.3 Å². The monoisotopic (exact) mass is 423 g/mol. The Bertz CT molecular complexity index is 958. The van der Waals surface area contributed by atoms with Crippen molar-refractivity contribution < 1.29 is 24.5 Å². The molecule has 2 aromatic carbocycles. The third kappa shape index (κ3) is 4.86. The minimum Gasteiger partial charge on any atom is -0.507 e. The molecule has 2 N–H and O–H groups in total. The fourth-order valence-electron chi connectivity index (χ4n) is 3.70. The van der Waals surface area contributed by atoms with Crippen molar-refractivity contribution in [2.24, 2.45) is 0 Å². The van der Waals surface area contributed by atoms with Crippen LogP contribution in [-0.4, -0.2) is 53.2 Å². The van der Waals surface area contributed by atoms with Crippen LogP contribution >= 0.6 is 0 Å². The topological polar surface area (TPSA) is 87.1 Å². The number of nitrogens with zero attached hydrogens (tertiary/aromatic N) is 1. The Morgan fingerprint density at radius 3 is 2.23 bits per heavy atom. The predicted molar refractivity (Wildman–Crippen MR) is 118 cm³/mol. The summed E-state index contributed by atoms with van der Waals surface area (Å²) < 4.78 is 5.32. The fourth-order valence-corrected chi connectivity index (χ4v) is 3.70. The van der Waals surface area contributed by atoms with Crippen molar-refractivity contribution in [2.75, 3.05) is 26.4 Å². The van der Waals surface area contributed by atoms with Crippen LogP contribution in [0.2, 0.25) is 0 Å². The molecule has 0 aliphatic carbocycles. The maximum absolute atomic E-state index is 12.9. The maximum Gasteiger partial charge on any atom is 0.295 e. The molecule has 1 unspecified atom stereocenters. The van der Waals surface area contributed by atoms with Crippen molar-refractivity contribution in [1.29, 1.82) is 0 Å². The molecule has 0 radical (unpaired) electrons. The summed E-state index contributed by atoms with van der Waals surface area (Å²) in [6, 6.07) is 15.8. The number of likely N-dealkylation sites (tertiary alicyclic amines) is 1. The first-order valence-corrected chi connectivity index (χ1v) is 10.4. The van der Waals surface area contributed by atoms with Gasteiger partial charge in [-0.1, -0.05) is 75.4 Å². The van der Waals surface area contributed by atoms with Gasteiger partial charge in [-0.2, -0.15) is 0 Å². The van der Waals surface area contributed by atoms with E-state index >= 15 is 0 Å². The molecule has 1 fully saturated rings. The highest BCUT2D eigenvalue weighted by molar-refractivity contribution is 6.46. The molecule has 0 saturated carbocycles. The van der Waals surface area contributed by atoms with Gasteiger partial charge in [0, 0.05) is 12.1 Å². The van der Waals surface area contributed by atoms with Gasteiger partial charge in [0.2, 0.25) is 0 Å². The molecule has 6 heteroatoms. The average Bonchev–Trinajstić information content (AvgIpc) is 3.01. The molecule has 2 aromatic rings. The molecule has 1 amide bonds. The number of ether oxygens (including phenoxy) is 1. The van der Waals surface area contributed by atoms with Gasteiger partial charge in [-0.3, -0.25) is 9.59 Å². The minimum atomic E-state index is -0.716. The first-order chi connectivity index (χ1) is 14.8. The van der Waals surface area contributed by atoms with Crippen LogP contribution in [0.25, 0.3) is 5.76 Å². The Balaban J connectivity index is 2.06. The van der Waals surface area contributed by atoms with Crippen molar-refractivity contribution in [2.45, 2.75) is 32.2 Å². The SMILES string of the molecule is CC(C)(C)c1ccc(C2C(=C(O)c3ccccc3)C(=O)C(=O)N2CCOCCO)cc1. The van der Waals surface area contributed by atoms with E-state index in [1.165, 1.54) is 4.90 Å². The summed E-state index contributed by atoms with van der Waals surface area (Å²) in [4.78, 5) is 27.2. The van der Waals surface area contributed by atoms with Gasteiger partial charge >= 0.3 is 0 Å². The zero-order valence-corrected chi connectivity index (χ0v) is 18.2. The molecule has 6 nitrogen and oxygen atoms in total. The van der Waals surface area contributed by atoms with Crippen molar-refractivity contribution in [1.82, 2.24) is 4.90 Å². The Morgan fingerprint density at radius 2 is 1.65 bits per heavy atom. The lowest BCUT2D eigenvalue weighted by atomic mass is 9.85. The van der Waals surface area contributed by atoms with Crippen LogP contribution in [-0.2, 0) is 19.7 Å². The van der Waals surface area contributed by atoms with E-state index in [0.29, 0.717) is 5.56 Å². The summed E-state index contributed by atoms with van der Waals surface area (Å²) in [5.74, 6) is -1.58. The van der Waals surface area contributed by atoms with E-state index in [-0.39, 0.29) is 43.1 Å². The number of Topliss-reactive ketones (excluding diaryl/α,β-unsaturated/α-hetero) is 1. The number of carbonyl (C=O) groups is 2. The standard InChI is InChI=1S/C25H29NO5/c1-25(2,3)19-11-9-17(10-12-19)21-20(22(28)18-7-5-4-6-8-18)23(29)24(30)26(21)13-15-31-16-14-27/h4-12,21,27-28H,13-16H2,1-3H3. The molecular formula is C25H29NO5. The Hall–Kier alpha value is -2.96. The molecule has 1 atom stereocenters. The summed E-state index contributed by atoms with van der Waals surface area (Å²) in [6.07, 6.45) is 0. The largest absolute Gasteiger partial charge is 0.507 e. The number of hydrogen-bond donors (Lipinski definition) is 2. The van der Waals surface area contributed by atoms with Crippen LogP contribution in [0.15, 0.2) is 60.2 Å². The quantitative estimate of drug-likeness (QED) is 0.308. The van der Waals surface area contributed by atoms with Crippen LogP contribution in [0.3, 0.4) is 0 Å². The van der Waals surface area contributed by atoms with Gasteiger partial charge in [0.05, 0.1) is 31.4 Å². The smallest absolute Gasteiger partial charge is 0.295 e. The number of ketones is 1. The Kier molecular flexibility index (Phi) is 6.93. The van der Waals surface area contributed by atoms with Crippen LogP contribution < -0.4 is 0 Å². The molecular weight excluding hydrogens is 394 g/mol. The van der Waals surface area contributed by atoms with Gasteiger partial charge in [0.1, 0.15) is 5.76 Å². The minimum absolute atomic E-state index is 0.0392. The van der Waals surface area contributed by atoms with Gasteiger partial charge in [-0.05, 0) is 16.5 Å². The fraction of sp³-hybridized carbons (Fsp3) is 0.360. The molecule has 31 heavy (non-hydrogen) atoms. The van der Waals surface area contributed by atoms with Crippen molar-refractivity contribution in [3.05, 3.63) is 76.9 Å². The number of hydrogen-bond acceptors (Lipinski definition) is 5. The molecule has 0 bridgehead atoms. The van der Waals surface area contributed by atoms with Gasteiger partial charge in [-0.15, -0.1) is 0 Å². The summed E-state index contributed by atoms with van der Waals surface area (Å²) in [7, 11) is 0. The van der Waals surface area contributed by atoms with E-state index in [0.717, 1.165) is 11.1 Å². The first kappa shape index (κ1) is 22.7. The van der Waals surface area contributed by atoms with Gasteiger partial charge in [0.25, 0.3) is 11.7 Å². The molecule has 1 aliphatic heterocycles. The van der Waals surface area contributed by atoms with E-state index < -0.39 is 17.7 Å². The summed E-state index contributed by atoms with van der Waals surface area (Å²) in [6.45, 7) is 6.72. The van der Waals surface area contributed by atoms with Crippen molar-refractivity contribution >= 4 is 17.4 Å². The van der Waals surface area contributed by atoms with E-state index in [2.05, 4.69) is 20.8 Å². The highest BCUT2D eigenvalue weighted by atomic mass is 16.5. The van der Waals surface area contributed by atoms with Gasteiger partial charge < -0.3 is 19.8 Å². The molecule has 1 heterocycles. The number of benzene rings is 2. The number of rotatable bonds is 7. The molecule has 1 saturated heterocycles. The normalized spacial score (nSPS) is 18.6. The first-order valence-electron chi connectivity index (χ1n) is 10.4. The van der Waals surface area contributed by atoms with Crippen molar-refractivity contribution in [3.63, 3.8) is 0 Å². The van der Waals surface area contributed by atoms with Gasteiger partial charge in [0.15, 0.2) is 0 Å². The summed E-state index contributed by atoms with van der Waals surface area (Å²) in [5, 5.41) is 19.9. The second kappa shape index (κ2) is 9.45. The van der Waals surface area contributed by atoms with Crippen LogP contribution in [0.4, 0.5) is 0 Å². The van der Waals surface area contributed by atoms with Crippen LogP contribution in [0.5, 0.6) is 0 Å². The molecule has 0 spiro atoms. The number of aliphatic hydroxyl groups is 2. The average molecular weight is 424 g/mol. The molecule has 0 aromatic heterocycles. The maximum atomic E-state index is 12.9. The Morgan fingerprint density at radius 1 is 1.00 bits per heavy atom. The molecule has 3 rings (SSSR count). The lowest BCUT2D eigenvalue weighted by Gasteiger charge is -2.26. The number of aliphatic hydroxyl groups excluding tert-OH is 2. The zero-order chi connectivity index (χ0) is 22.6. The lowest BCUT2D eigenvalue weighted by molar-refractivity contribution is -0.140. The molecule has 1 aliphatic rings. The van der Waals surface area contributed by atoms with E-state index in [9.17, 15) is 14.7 Å². The van der Waals surface area contributed by atoms with Gasteiger partial charge in [-0.25, -0.2) is 0 Å². The second-order valence-corrected chi connectivity index (χ2v) is 8.57. The highest BCUT2D eigenvalue weighted by Crippen LogP contribution is 2.39. The predicted octanol–water partition coefficient (Wildman–Crippen LogP) is 3.41. The summed E-state index contributed by atoms with van der Waals surface area (Å²) in [5.41, 5.74) is 2.38. The third-order valence-electron chi connectivity index (χ3n) is 5.39. The second-order valence-electron chi connectivity index (χ2n) is 8.57. The molecule has 164 valence electrons. The van der Waals surface area contributed by atoms with E-state index in [1.54, 1.807) is 24.3 Å². The lowest BCUT2D eigenvalue weighted by Crippen LogP contribution is -2.33. The zero-order valence-electron chi connectivity index (χ0n) is 18.2. The summed E-state index contributed by atoms with van der Waals surface area (Å²) >= 11 is 0. The number of amides is 1. The number of carbonyl (C=O) groups excluding carboxylic acids is 2. The van der Waals surface area contributed by atoms with E-state index in [4.69, 9.17) is 9.84 Å². The third-order valence-corrected chi connectivity index (χ3v) is 5.39.